The van der Waals surface area contributed by atoms with Crippen molar-refractivity contribution in [2.24, 2.45) is 0 Å². The third-order valence-corrected chi connectivity index (χ3v) is 9.52. The second kappa shape index (κ2) is 11.6. The number of aryl methyl sites for hydroxylation is 1. The van der Waals surface area contributed by atoms with Crippen LogP contribution in [0.2, 0.25) is 0 Å². The summed E-state index contributed by atoms with van der Waals surface area (Å²) in [5.74, 6) is -0.352. The van der Waals surface area contributed by atoms with Crippen LogP contribution in [0, 0.1) is 6.92 Å². The Hall–Kier alpha value is -2.75. The van der Waals surface area contributed by atoms with E-state index in [2.05, 4.69) is 15.7 Å². The maximum absolute atomic E-state index is 13.2. The van der Waals surface area contributed by atoms with Crippen LogP contribution in [0.1, 0.15) is 44.1 Å². The zero-order valence-electron chi connectivity index (χ0n) is 22.1. The predicted octanol–water partition coefficient (Wildman–Crippen LogP) is 3.02. The molecule has 2 aromatic rings. The summed E-state index contributed by atoms with van der Waals surface area (Å²) in [5.41, 5.74) is 3.08. The van der Waals surface area contributed by atoms with Crippen LogP contribution >= 0.6 is 0 Å². The minimum atomic E-state index is -3.89. The molecular weight excluding hydrogens is 500 g/mol. The van der Waals surface area contributed by atoms with Crippen molar-refractivity contribution in [1.29, 1.82) is 0 Å². The first-order chi connectivity index (χ1) is 18.3. The summed E-state index contributed by atoms with van der Waals surface area (Å²) < 4.78 is 28.9. The van der Waals surface area contributed by atoms with Crippen LogP contribution in [0.15, 0.2) is 53.4 Å². The van der Waals surface area contributed by atoms with E-state index in [4.69, 9.17) is 0 Å². The number of hydrogen-bond acceptors (Lipinski definition) is 5. The van der Waals surface area contributed by atoms with Gasteiger partial charge >= 0.3 is 0 Å². The fourth-order valence-corrected chi connectivity index (χ4v) is 7.21. The molecule has 0 radical (unpaired) electrons. The summed E-state index contributed by atoms with van der Waals surface area (Å²) in [6.07, 6.45) is 5.50. The second-order valence-corrected chi connectivity index (χ2v) is 12.6. The molecule has 204 valence electrons. The smallest absolute Gasteiger partial charge is 0.242 e. The van der Waals surface area contributed by atoms with Crippen LogP contribution in [-0.2, 0) is 19.6 Å². The van der Waals surface area contributed by atoms with Crippen molar-refractivity contribution in [3.05, 3.63) is 54.1 Å². The van der Waals surface area contributed by atoms with Gasteiger partial charge < -0.3 is 14.7 Å². The molecule has 0 aliphatic carbocycles. The van der Waals surface area contributed by atoms with Crippen molar-refractivity contribution >= 4 is 21.8 Å². The first-order valence-corrected chi connectivity index (χ1v) is 15.3. The molecule has 3 fully saturated rings. The molecule has 0 spiro atoms. The van der Waals surface area contributed by atoms with E-state index >= 15 is 0 Å². The van der Waals surface area contributed by atoms with E-state index in [0.717, 1.165) is 55.7 Å². The number of sulfonamides is 1. The Bertz CT molecular complexity index is 1260. The molecule has 0 aromatic heterocycles. The topological polar surface area (TPSA) is 90.0 Å². The van der Waals surface area contributed by atoms with Crippen molar-refractivity contribution in [3.63, 3.8) is 0 Å². The molecule has 0 bridgehead atoms. The Balaban J connectivity index is 1.20. The zero-order valence-corrected chi connectivity index (χ0v) is 23.0. The molecule has 0 unspecified atom stereocenters. The standard InChI is InChI=1S/C29H38N4O4S/c1-22-7-4-8-24(19-22)23-11-13-26(14-12-23)38(36,37)30-27-10-6-17-32(29(27)35)21-28(34)33-18-5-9-25(33)20-31-15-2-3-16-31/h4,7-8,11-14,19,25,27,30H,2-3,5-6,9-10,15-18,20-21H2,1H3/t25-,27-/m0/s1. The number of nitrogens with one attached hydrogen (secondary N) is 1. The first kappa shape index (κ1) is 26.8. The third-order valence-electron chi connectivity index (χ3n) is 8.04. The van der Waals surface area contributed by atoms with E-state index in [-0.39, 0.29) is 29.3 Å². The highest BCUT2D eigenvalue weighted by Crippen LogP contribution is 2.24. The minimum absolute atomic E-state index is 0.0126. The highest BCUT2D eigenvalue weighted by Gasteiger charge is 2.36. The van der Waals surface area contributed by atoms with Gasteiger partial charge in [-0.2, -0.15) is 4.72 Å². The molecule has 2 amide bonds. The fourth-order valence-electron chi connectivity index (χ4n) is 5.98. The van der Waals surface area contributed by atoms with E-state index in [1.165, 1.54) is 17.7 Å². The third kappa shape index (κ3) is 6.11. The van der Waals surface area contributed by atoms with Crippen molar-refractivity contribution in [3.8, 4) is 11.1 Å². The van der Waals surface area contributed by atoms with Gasteiger partial charge in [0, 0.05) is 25.7 Å². The van der Waals surface area contributed by atoms with Gasteiger partial charge in [0.2, 0.25) is 21.8 Å². The van der Waals surface area contributed by atoms with Gasteiger partial charge in [-0.1, -0.05) is 42.0 Å². The summed E-state index contributed by atoms with van der Waals surface area (Å²) in [6.45, 7) is 6.33. The molecule has 3 aliphatic heterocycles. The van der Waals surface area contributed by atoms with E-state index < -0.39 is 16.1 Å². The predicted molar refractivity (Wildman–Crippen MR) is 147 cm³/mol. The van der Waals surface area contributed by atoms with Crippen LogP contribution in [0.5, 0.6) is 0 Å². The fraction of sp³-hybridized carbons (Fsp3) is 0.517. The average Bonchev–Trinajstić information content (AvgIpc) is 3.59. The molecule has 5 rings (SSSR count). The molecule has 2 atom stereocenters. The van der Waals surface area contributed by atoms with E-state index in [1.54, 1.807) is 24.3 Å². The quantitative estimate of drug-likeness (QED) is 0.558. The summed E-state index contributed by atoms with van der Waals surface area (Å²) in [7, 11) is -3.89. The van der Waals surface area contributed by atoms with E-state index in [9.17, 15) is 18.0 Å². The van der Waals surface area contributed by atoms with Crippen molar-refractivity contribution in [2.75, 3.05) is 39.3 Å². The van der Waals surface area contributed by atoms with E-state index in [1.807, 2.05) is 30.0 Å². The molecule has 8 nitrogen and oxygen atoms in total. The average molecular weight is 539 g/mol. The number of likely N-dealkylation sites (tertiary alicyclic amines) is 3. The second-order valence-electron chi connectivity index (χ2n) is 10.9. The number of benzene rings is 2. The number of rotatable bonds is 8. The molecule has 3 saturated heterocycles. The highest BCUT2D eigenvalue weighted by molar-refractivity contribution is 7.89. The van der Waals surface area contributed by atoms with Gasteiger partial charge in [0.05, 0.1) is 11.4 Å². The molecule has 0 saturated carbocycles. The molecule has 1 N–H and O–H groups in total. The lowest BCUT2D eigenvalue weighted by atomic mass is 10.0. The lowest BCUT2D eigenvalue weighted by Gasteiger charge is -2.34. The Morgan fingerprint density at radius 2 is 1.66 bits per heavy atom. The van der Waals surface area contributed by atoms with Gasteiger partial charge in [0.25, 0.3) is 0 Å². The first-order valence-electron chi connectivity index (χ1n) is 13.8. The number of carbonyl (C=O) groups is 2. The monoisotopic (exact) mass is 538 g/mol. The largest absolute Gasteiger partial charge is 0.337 e. The van der Waals surface area contributed by atoms with Gasteiger partial charge in [0.1, 0.15) is 6.04 Å². The molecule has 2 aromatic carbocycles. The van der Waals surface area contributed by atoms with E-state index in [0.29, 0.717) is 19.4 Å². The lowest BCUT2D eigenvalue weighted by Crippen LogP contribution is -2.55. The maximum Gasteiger partial charge on any atom is 0.242 e. The van der Waals surface area contributed by atoms with Crippen molar-refractivity contribution < 1.29 is 18.0 Å². The normalized spacial score (nSPS) is 22.8. The SMILES string of the molecule is Cc1cccc(-c2ccc(S(=O)(=O)N[C@H]3CCCN(CC(=O)N4CCC[C@H]4CN4CCCC4)C3=O)cc2)c1. The van der Waals surface area contributed by atoms with Crippen LogP contribution < -0.4 is 4.72 Å². The van der Waals surface area contributed by atoms with Gasteiger partial charge in [-0.3, -0.25) is 9.59 Å². The Kier molecular flexibility index (Phi) is 8.16. The van der Waals surface area contributed by atoms with Crippen LogP contribution in [0.4, 0.5) is 0 Å². The Morgan fingerprint density at radius 1 is 0.921 bits per heavy atom. The zero-order chi connectivity index (χ0) is 26.7. The maximum atomic E-state index is 13.2. The Labute approximate surface area is 226 Å². The van der Waals surface area contributed by atoms with Gasteiger partial charge in [-0.25, -0.2) is 8.42 Å². The van der Waals surface area contributed by atoms with Gasteiger partial charge in [0.15, 0.2) is 0 Å². The summed E-state index contributed by atoms with van der Waals surface area (Å²) in [5, 5.41) is 0. The highest BCUT2D eigenvalue weighted by atomic mass is 32.2. The minimum Gasteiger partial charge on any atom is -0.337 e. The summed E-state index contributed by atoms with van der Waals surface area (Å²) >= 11 is 0. The summed E-state index contributed by atoms with van der Waals surface area (Å²) in [6, 6.07) is 14.1. The molecule has 9 heteroatoms. The summed E-state index contributed by atoms with van der Waals surface area (Å²) in [4.78, 5) is 32.5. The lowest BCUT2D eigenvalue weighted by molar-refractivity contribution is -0.143. The number of amides is 2. The molecule has 38 heavy (non-hydrogen) atoms. The van der Waals surface area contributed by atoms with Crippen LogP contribution in [0.25, 0.3) is 11.1 Å². The van der Waals surface area contributed by atoms with Crippen molar-refractivity contribution in [1.82, 2.24) is 19.4 Å². The number of hydrogen-bond donors (Lipinski definition) is 1. The molecule has 3 aliphatic rings. The number of carbonyl (C=O) groups excluding carboxylic acids is 2. The van der Waals surface area contributed by atoms with Crippen molar-refractivity contribution in [2.45, 2.75) is 62.4 Å². The van der Waals surface area contributed by atoms with Crippen LogP contribution in [0.3, 0.4) is 0 Å². The van der Waals surface area contributed by atoms with Crippen LogP contribution in [-0.4, -0.2) is 86.3 Å². The number of piperidine rings is 1. The van der Waals surface area contributed by atoms with Gasteiger partial charge in [-0.15, -0.1) is 0 Å². The Morgan fingerprint density at radius 3 is 2.39 bits per heavy atom. The van der Waals surface area contributed by atoms with Gasteiger partial charge in [-0.05, 0) is 81.8 Å². The molecular formula is C29H38N4O4S. The number of nitrogens with zero attached hydrogens (tertiary/aromatic N) is 3. The molecule has 3 heterocycles.